The number of carbonyl (C=O) groups is 1. The molecule has 0 saturated carbocycles. The smallest absolute Gasteiger partial charge is 0.347 e. The van der Waals surface area contributed by atoms with E-state index in [0.29, 0.717) is 35.1 Å². The van der Waals surface area contributed by atoms with Gasteiger partial charge in [-0.05, 0) is 31.5 Å². The van der Waals surface area contributed by atoms with E-state index in [2.05, 4.69) is 20.9 Å². The van der Waals surface area contributed by atoms with Crippen LogP contribution in [-0.2, 0) is 5.72 Å². The molecule has 0 aliphatic carbocycles. The summed E-state index contributed by atoms with van der Waals surface area (Å²) < 4.78 is 6.29. The normalized spacial score (nSPS) is 19.0. The lowest BCUT2D eigenvalue weighted by atomic mass is 9.86. The Bertz CT molecular complexity index is 1720. The van der Waals surface area contributed by atoms with E-state index in [0.717, 1.165) is 5.56 Å². The van der Waals surface area contributed by atoms with Gasteiger partial charge in [0.05, 0.1) is 11.0 Å². The summed E-state index contributed by atoms with van der Waals surface area (Å²) in [5, 5.41) is 24.4. The minimum Gasteiger partial charge on any atom is -0.506 e. The van der Waals surface area contributed by atoms with E-state index < -0.39 is 17.1 Å². The van der Waals surface area contributed by atoms with Crippen LogP contribution < -0.4 is 5.63 Å². The summed E-state index contributed by atoms with van der Waals surface area (Å²) in [6, 6.07) is 20.8. The third-order valence-electron chi connectivity index (χ3n) is 7.08. The first-order valence-corrected chi connectivity index (χ1v) is 13.0. The monoisotopic (exact) mass is 570 g/mol. The molecule has 0 amide bonds. The molecule has 0 bridgehead atoms. The fourth-order valence-corrected chi connectivity index (χ4v) is 5.63. The van der Waals surface area contributed by atoms with Crippen LogP contribution in [0, 0.1) is 6.92 Å². The maximum Gasteiger partial charge on any atom is 0.347 e. The predicted molar refractivity (Wildman–Crippen MR) is 148 cm³/mol. The third-order valence-corrected chi connectivity index (χ3v) is 7.57. The van der Waals surface area contributed by atoms with Crippen LogP contribution in [0.3, 0.4) is 0 Å². The maximum atomic E-state index is 14.2. The molecule has 1 unspecified atom stereocenters. The molecule has 38 heavy (non-hydrogen) atoms. The molecule has 1 aromatic heterocycles. The van der Waals surface area contributed by atoms with E-state index in [1.54, 1.807) is 59.5 Å². The molecule has 4 aromatic rings. The first-order chi connectivity index (χ1) is 18.3. The molecule has 3 heterocycles. The zero-order chi connectivity index (χ0) is 26.6. The summed E-state index contributed by atoms with van der Waals surface area (Å²) in [4.78, 5) is 34.0. The summed E-state index contributed by atoms with van der Waals surface area (Å²) in [5.41, 5.74) is -1.08. The molecule has 0 fully saturated rings. The van der Waals surface area contributed by atoms with Crippen LogP contribution in [0.4, 0.5) is 0 Å². The minimum absolute atomic E-state index is 0.0388. The zero-order valence-electron chi connectivity index (χ0n) is 20.4. The Morgan fingerprint density at radius 3 is 2.55 bits per heavy atom. The molecule has 2 N–H and O–H groups in total. The number of hydrogen-bond acceptors (Lipinski definition) is 7. The SMILES string of the molecule is Cc1ccc(C(=O)C2=C(c3c(O)c4cc(Br)ccc4oc3=O)C(O)(c3ccccc3)N3CCCN=C23)cc1. The third kappa shape index (κ3) is 3.63. The van der Waals surface area contributed by atoms with Gasteiger partial charge in [0.2, 0.25) is 0 Å². The van der Waals surface area contributed by atoms with Crippen LogP contribution in [0.15, 0.2) is 97.0 Å². The quantitative estimate of drug-likeness (QED) is 0.259. The lowest BCUT2D eigenvalue weighted by Crippen LogP contribution is -2.48. The topological polar surface area (TPSA) is 103 Å². The Hall–Kier alpha value is -4.01. The number of hydrogen-bond donors (Lipinski definition) is 2. The van der Waals surface area contributed by atoms with Crippen molar-refractivity contribution in [2.45, 2.75) is 19.1 Å². The number of ketones is 1. The van der Waals surface area contributed by atoms with Crippen molar-refractivity contribution in [2.75, 3.05) is 13.1 Å². The second-order valence-corrected chi connectivity index (χ2v) is 10.4. The van der Waals surface area contributed by atoms with Crippen molar-refractivity contribution in [1.82, 2.24) is 4.90 Å². The summed E-state index contributed by atoms with van der Waals surface area (Å²) in [6.07, 6.45) is 0.642. The Labute approximate surface area is 226 Å². The molecule has 0 spiro atoms. The fraction of sp³-hybridized carbons (Fsp3) is 0.167. The number of nitrogens with zero attached hydrogens (tertiary/aromatic N) is 2. The number of aliphatic imine (C=N–C) groups is 1. The number of rotatable bonds is 4. The van der Waals surface area contributed by atoms with Crippen LogP contribution in [-0.4, -0.2) is 39.8 Å². The van der Waals surface area contributed by atoms with Crippen LogP contribution >= 0.6 is 15.9 Å². The van der Waals surface area contributed by atoms with Gasteiger partial charge in [-0.2, -0.15) is 0 Å². The van der Waals surface area contributed by atoms with Crippen LogP contribution in [0.1, 0.15) is 33.5 Å². The lowest BCUT2D eigenvalue weighted by Gasteiger charge is -2.39. The van der Waals surface area contributed by atoms with Crippen molar-refractivity contribution < 1.29 is 19.4 Å². The predicted octanol–water partition coefficient (Wildman–Crippen LogP) is 5.17. The summed E-state index contributed by atoms with van der Waals surface area (Å²) >= 11 is 3.40. The largest absolute Gasteiger partial charge is 0.506 e. The standard InChI is InChI=1S/C30H23BrN2O5/c1-17-8-10-18(11-9-17)26(34)23-25(24-27(35)21-16-20(31)12-13-22(21)38-29(24)36)30(37,19-6-3-2-4-7-19)33-15-5-14-32-28(23)33/h2-4,6-13,16,35,37H,5,14-15H2,1H3. The number of benzene rings is 3. The molecule has 190 valence electrons. The first kappa shape index (κ1) is 24.3. The molecule has 2 aliphatic rings. The van der Waals surface area contributed by atoms with E-state index in [9.17, 15) is 19.8 Å². The average molecular weight is 571 g/mol. The van der Waals surface area contributed by atoms with Gasteiger partial charge >= 0.3 is 5.63 Å². The molecular formula is C30H23BrN2O5. The zero-order valence-corrected chi connectivity index (χ0v) is 22.0. The average Bonchev–Trinajstić information content (AvgIpc) is 3.19. The second kappa shape index (κ2) is 9.08. The number of aryl methyl sites for hydroxylation is 1. The van der Waals surface area contributed by atoms with Crippen molar-refractivity contribution in [1.29, 1.82) is 0 Å². The molecule has 3 aromatic carbocycles. The number of aliphatic hydroxyl groups is 1. The molecule has 0 radical (unpaired) electrons. The van der Waals surface area contributed by atoms with E-state index in [1.807, 2.05) is 25.1 Å². The number of aromatic hydroxyl groups is 1. The van der Waals surface area contributed by atoms with E-state index in [1.165, 1.54) is 0 Å². The second-order valence-electron chi connectivity index (χ2n) is 9.45. The van der Waals surface area contributed by atoms with E-state index >= 15 is 0 Å². The molecule has 1 atom stereocenters. The Morgan fingerprint density at radius 1 is 1.08 bits per heavy atom. The van der Waals surface area contributed by atoms with Gasteiger partial charge in [-0.3, -0.25) is 9.79 Å². The van der Waals surface area contributed by atoms with Gasteiger partial charge in [-0.1, -0.05) is 76.1 Å². The number of halogens is 1. The molecule has 2 aliphatic heterocycles. The van der Waals surface area contributed by atoms with Gasteiger partial charge in [0.1, 0.15) is 22.7 Å². The van der Waals surface area contributed by atoms with Crippen LogP contribution in [0.5, 0.6) is 5.75 Å². The van der Waals surface area contributed by atoms with Gasteiger partial charge in [-0.25, -0.2) is 4.79 Å². The van der Waals surface area contributed by atoms with Crippen molar-refractivity contribution in [3.63, 3.8) is 0 Å². The molecule has 8 heteroatoms. The highest BCUT2D eigenvalue weighted by Gasteiger charge is 2.54. The number of amidine groups is 1. The Morgan fingerprint density at radius 2 is 1.82 bits per heavy atom. The van der Waals surface area contributed by atoms with Crippen molar-refractivity contribution >= 4 is 44.1 Å². The van der Waals surface area contributed by atoms with Crippen LogP contribution in [0.25, 0.3) is 16.5 Å². The van der Waals surface area contributed by atoms with Crippen molar-refractivity contribution in [3.05, 3.63) is 116 Å². The van der Waals surface area contributed by atoms with Crippen LogP contribution in [0.2, 0.25) is 0 Å². The number of carbonyl (C=O) groups excluding carboxylic acids is 1. The van der Waals surface area contributed by atoms with Crippen molar-refractivity contribution in [2.24, 2.45) is 4.99 Å². The van der Waals surface area contributed by atoms with Crippen molar-refractivity contribution in [3.8, 4) is 5.75 Å². The molecule has 6 rings (SSSR count). The Kier molecular flexibility index (Phi) is 5.81. The van der Waals surface area contributed by atoms with E-state index in [-0.39, 0.29) is 39.3 Å². The molecule has 0 saturated heterocycles. The summed E-state index contributed by atoms with van der Waals surface area (Å²) in [7, 11) is 0. The molecular weight excluding hydrogens is 548 g/mol. The fourth-order valence-electron chi connectivity index (χ4n) is 5.27. The highest BCUT2D eigenvalue weighted by molar-refractivity contribution is 9.10. The maximum absolute atomic E-state index is 14.2. The number of Topliss-reactive ketones (excluding diaryl/α,β-unsaturated/α-hetero) is 1. The Balaban J connectivity index is 1.75. The van der Waals surface area contributed by atoms with Gasteiger partial charge in [-0.15, -0.1) is 0 Å². The lowest BCUT2D eigenvalue weighted by molar-refractivity contribution is -0.0168. The van der Waals surface area contributed by atoms with Gasteiger partial charge in [0, 0.05) is 34.3 Å². The molecule has 7 nitrogen and oxygen atoms in total. The summed E-state index contributed by atoms with van der Waals surface area (Å²) in [5.74, 6) is -0.501. The number of fused-ring (bicyclic) bond motifs is 2. The first-order valence-electron chi connectivity index (χ1n) is 12.2. The highest BCUT2D eigenvalue weighted by atomic mass is 79.9. The van der Waals surface area contributed by atoms with Gasteiger partial charge in [0.25, 0.3) is 0 Å². The minimum atomic E-state index is -1.96. The van der Waals surface area contributed by atoms with Gasteiger partial charge in [0.15, 0.2) is 11.5 Å². The highest BCUT2D eigenvalue weighted by Crippen LogP contribution is 2.51. The summed E-state index contributed by atoms with van der Waals surface area (Å²) in [6.45, 7) is 2.77. The van der Waals surface area contributed by atoms with E-state index in [4.69, 9.17) is 4.42 Å². The van der Waals surface area contributed by atoms with Gasteiger partial charge < -0.3 is 19.5 Å².